The van der Waals surface area contributed by atoms with E-state index in [4.69, 9.17) is 22.9 Å². The Hall–Kier alpha value is -11.3. The summed E-state index contributed by atoms with van der Waals surface area (Å²) in [6.07, 6.45) is 6.67. The van der Waals surface area contributed by atoms with Crippen LogP contribution in [0.3, 0.4) is 0 Å². The van der Waals surface area contributed by atoms with Gasteiger partial charge in [0.2, 0.25) is 0 Å². The van der Waals surface area contributed by atoms with Crippen LogP contribution in [0.25, 0.3) is 48.5 Å². The second-order valence-corrected chi connectivity index (χ2v) is 30.1. The quantitative estimate of drug-likeness (QED) is 0.127. The molecule has 9 heterocycles. The zero-order chi connectivity index (χ0) is 86.0. The number of rotatable bonds is 3. The molecule has 1 aliphatic carbocycles. The second-order valence-electron chi connectivity index (χ2n) is 29.7. The van der Waals surface area contributed by atoms with E-state index in [1.165, 1.54) is 123 Å². The molecule has 19 heteroatoms. The van der Waals surface area contributed by atoms with Crippen LogP contribution in [0.5, 0.6) is 5.75 Å². The van der Waals surface area contributed by atoms with E-state index in [1.54, 1.807) is 47.4 Å². The van der Waals surface area contributed by atoms with Crippen LogP contribution < -0.4 is 4.74 Å². The third-order valence-corrected chi connectivity index (χ3v) is 21.3. The molecule has 0 N–H and O–H groups in total. The van der Waals surface area contributed by atoms with Crippen LogP contribution in [0.2, 0.25) is 5.02 Å². The number of allylic oxidation sites excluding steroid dienone is 1. The number of nitrogens with zero attached hydrogens (tertiary/aromatic N) is 12. The molecular formula is C99H134ClF5N12O. The van der Waals surface area contributed by atoms with Crippen LogP contribution in [-0.4, -0.2) is 73.3 Å². The summed E-state index contributed by atoms with van der Waals surface area (Å²) in [5, 5.41) is 4.15. The van der Waals surface area contributed by atoms with Crippen molar-refractivity contribution in [3.05, 3.63) is 329 Å². The zero-order valence-electron chi connectivity index (χ0n) is 72.5. The van der Waals surface area contributed by atoms with Crippen molar-refractivity contribution in [2.45, 2.75) is 179 Å². The normalized spacial score (nSPS) is 11.5. The molecule has 6 aromatic carbocycles. The molecule has 0 unspecified atom stereocenters. The van der Waals surface area contributed by atoms with Crippen molar-refractivity contribution >= 4 is 60.9 Å². The van der Waals surface area contributed by atoms with Crippen LogP contribution in [0, 0.1) is 149 Å². The van der Waals surface area contributed by atoms with E-state index in [-0.39, 0.29) is 33.6 Å². The van der Waals surface area contributed by atoms with Gasteiger partial charge in [0, 0.05) is 147 Å². The Morgan fingerprint density at radius 3 is 1.45 bits per heavy atom. The molecule has 14 aromatic rings. The topological polar surface area (TPSA) is 114 Å². The summed E-state index contributed by atoms with van der Waals surface area (Å²) in [6, 6.07) is 48.4. The van der Waals surface area contributed by atoms with Crippen LogP contribution in [0.4, 0.5) is 27.6 Å². The third-order valence-electron chi connectivity index (χ3n) is 21.0. The average molecular weight is 1640 g/mol. The van der Waals surface area contributed by atoms with Gasteiger partial charge in [-0.3, -0.25) is 19.9 Å². The van der Waals surface area contributed by atoms with Gasteiger partial charge in [-0.1, -0.05) is 105 Å². The van der Waals surface area contributed by atoms with E-state index in [2.05, 4.69) is 206 Å². The lowest BCUT2D eigenvalue weighted by Gasteiger charge is -2.10. The van der Waals surface area contributed by atoms with E-state index >= 15 is 0 Å². The molecule has 16 rings (SSSR count). The molecule has 2 aliphatic rings. The first-order chi connectivity index (χ1) is 54.7. The van der Waals surface area contributed by atoms with Gasteiger partial charge in [-0.2, -0.15) is 13.2 Å². The van der Waals surface area contributed by atoms with Gasteiger partial charge in [-0.05, 0) is 293 Å². The lowest BCUT2D eigenvalue weighted by atomic mass is 10.1. The molecule has 0 atom stereocenters. The minimum atomic E-state index is -4.27. The van der Waals surface area contributed by atoms with Crippen LogP contribution in [0.15, 0.2) is 194 Å². The number of aromatic nitrogens is 10. The molecule has 0 saturated heterocycles. The van der Waals surface area contributed by atoms with E-state index in [0.29, 0.717) is 27.1 Å². The fraction of sp³-hybridized carbons (Fsp3) is 0.343. The fourth-order valence-electron chi connectivity index (χ4n) is 11.8. The standard InChI is InChI=1S/C14H17NO.C11H10F3N.C11H9FN2.C10H9ClFN.2C8H11N.2C8H10.C7H13N.2C6H8N2.2CH4.5H2/c1-10-8-12-13(15(10)2)4-3-5-14(12)16-9-11-6-7-11;1-7-5-8-3-4-9(11(12,13)14)6-10(8)15(7)2;1-7-6-8-10(13-2)5-4-9(12)11(8)14(7)3;1-6-3-8-9(11)4-7(12)5-10(8)13(6)2;1-6-4-5-9-8(3)7(6)2;1-6-4-5-7(2)9-8(6)3;2*1-7-5-3-4-6-8(7)2;1-6-4-5-8(3)7(6)2;1-5-6(2)8-4-3-7-5;1-5-3-4-7-6(2)8-5;;;;;;;/h3-5,8,11H,6-7,9H2,1-2H3;3-6H,1-2H3;4-6H,1,3H3;3-5H,1-2H3;2*4-5H,1-3H3;2*3-6H,1-2H3;4-5H2,1-3H3;2*3-4H,1-2H3;2*1H4;5*1H/i;;;;;;;;;;;;;5*1+1. The molecule has 1 fully saturated rings. The maximum Gasteiger partial charge on any atom is 0.416 e. The molecular weight excluding hydrogens is 1500 g/mol. The Labute approximate surface area is 712 Å². The SMILES string of the molecule is C.C.CC1=C(C)N(C)CC1.Cc1cc2c(Cl)cc(F)cc2n1C.Cc1cc2c(OCC3CC3)cccc2n1C.Cc1cc2ccc(C(F)(F)F)cc2n1C.Cc1ccc(C)c(C)n1.Cc1ccccc1C.Cc1ccccc1C.Cc1ccnc(C)c1C.Cc1ccnc(C)n1.Cc1nccnc1C.[2HH].[2HH].[2HH].[2HH].[2HH].[C-]#[N+]c1ccc(F)c2c1cc(C)n2C. The summed E-state index contributed by atoms with van der Waals surface area (Å²) < 4.78 is 77.3. The molecule has 8 aromatic heterocycles. The van der Waals surface area contributed by atoms with E-state index < -0.39 is 11.7 Å². The molecule has 0 spiro atoms. The first kappa shape index (κ1) is 99.1. The minimum Gasteiger partial charge on any atom is -0.493 e. The van der Waals surface area contributed by atoms with Gasteiger partial charge in [0.1, 0.15) is 23.2 Å². The van der Waals surface area contributed by atoms with Gasteiger partial charge in [0.25, 0.3) is 0 Å². The zero-order valence-corrected chi connectivity index (χ0v) is 73.2. The number of alkyl halides is 3. The number of hydrogen-bond donors (Lipinski definition) is 0. The smallest absolute Gasteiger partial charge is 0.416 e. The summed E-state index contributed by atoms with van der Waals surface area (Å²) in [7, 11) is 9.70. The summed E-state index contributed by atoms with van der Waals surface area (Å²) in [4.78, 5) is 30.1. The van der Waals surface area contributed by atoms with Crippen molar-refractivity contribution < 1.29 is 33.8 Å². The van der Waals surface area contributed by atoms with E-state index in [1.807, 2.05) is 123 Å². The predicted molar refractivity (Wildman–Crippen MR) is 496 cm³/mol. The molecule has 1 saturated carbocycles. The van der Waals surface area contributed by atoms with Crippen molar-refractivity contribution in [1.29, 1.82) is 0 Å². The van der Waals surface area contributed by atoms with Crippen LogP contribution in [-0.2, 0) is 34.4 Å². The van der Waals surface area contributed by atoms with Crippen molar-refractivity contribution in [1.82, 2.24) is 53.1 Å². The van der Waals surface area contributed by atoms with Crippen molar-refractivity contribution in [2.24, 2.45) is 34.1 Å². The van der Waals surface area contributed by atoms with Crippen LogP contribution >= 0.6 is 11.6 Å². The Morgan fingerprint density at radius 2 is 0.992 bits per heavy atom. The highest BCUT2D eigenvalue weighted by atomic mass is 35.5. The van der Waals surface area contributed by atoms with Gasteiger partial charge >= 0.3 is 6.18 Å². The average Bonchev–Trinajstić information content (AvgIpc) is 1.67. The lowest BCUT2D eigenvalue weighted by Crippen LogP contribution is -2.10. The molecule has 1 aliphatic heterocycles. The van der Waals surface area contributed by atoms with Gasteiger partial charge in [0.15, 0.2) is 5.69 Å². The Kier molecular flexibility index (Phi) is 39.1. The lowest BCUT2D eigenvalue weighted by molar-refractivity contribution is -0.137. The number of fused-ring (bicyclic) bond motifs is 4. The summed E-state index contributed by atoms with van der Waals surface area (Å²) in [5.74, 6) is 2.11. The highest BCUT2D eigenvalue weighted by Crippen LogP contribution is 2.35. The van der Waals surface area contributed by atoms with Crippen molar-refractivity contribution in [2.75, 3.05) is 20.2 Å². The number of aryl methyl sites for hydroxylation is 21. The summed E-state index contributed by atoms with van der Waals surface area (Å²) in [5.41, 5.74) is 26.1. The van der Waals surface area contributed by atoms with Crippen LogP contribution in [0.1, 0.15) is 162 Å². The number of ether oxygens (including phenoxy) is 1. The number of pyridine rings is 2. The molecule has 0 radical (unpaired) electrons. The van der Waals surface area contributed by atoms with Gasteiger partial charge in [0.05, 0.1) is 51.7 Å². The Balaban J connectivity index is 0. The number of halogens is 6. The second kappa shape index (κ2) is 46.6. The molecule has 118 heavy (non-hydrogen) atoms. The maximum atomic E-state index is 13.5. The third kappa shape index (κ3) is 29.4. The monoisotopic (exact) mass is 1640 g/mol. The van der Waals surface area contributed by atoms with Gasteiger partial charge in [-0.15, -0.1) is 0 Å². The fourth-order valence-corrected chi connectivity index (χ4v) is 12.0. The van der Waals surface area contributed by atoms with E-state index in [9.17, 15) is 22.0 Å². The Morgan fingerprint density at radius 1 is 0.475 bits per heavy atom. The van der Waals surface area contributed by atoms with Crippen molar-refractivity contribution in [3.63, 3.8) is 0 Å². The van der Waals surface area contributed by atoms with Crippen molar-refractivity contribution in [3.8, 4) is 5.75 Å². The predicted octanol–water partition coefficient (Wildman–Crippen LogP) is 28.2. The maximum absolute atomic E-state index is 13.5. The van der Waals surface area contributed by atoms with E-state index in [0.717, 1.165) is 97.7 Å². The molecule has 0 bridgehead atoms. The first-order valence-electron chi connectivity index (χ1n) is 38.8. The largest absolute Gasteiger partial charge is 0.493 e. The number of benzene rings is 6. The highest BCUT2D eigenvalue weighted by molar-refractivity contribution is 6.35. The summed E-state index contributed by atoms with van der Waals surface area (Å²) >= 11 is 5.89. The molecule has 0 amide bonds. The number of hydrogen-bond acceptors (Lipinski definition) is 8. The molecule has 638 valence electrons. The van der Waals surface area contributed by atoms with Gasteiger partial charge < -0.3 is 27.9 Å². The first-order valence-corrected chi connectivity index (χ1v) is 39.2. The molecule has 13 nitrogen and oxygen atoms in total. The Bertz CT molecular complexity index is 5480. The minimum absolute atomic E-state index is 0. The highest BCUT2D eigenvalue weighted by Gasteiger charge is 2.31. The summed E-state index contributed by atoms with van der Waals surface area (Å²) in [6.45, 7) is 49.9. The van der Waals surface area contributed by atoms with Gasteiger partial charge in [-0.25, -0.2) is 23.6 Å².